The number of carbonyl (C=O) groups excluding carboxylic acids is 1. The molecule has 0 heterocycles. The number of carbonyl (C=O) groups is 1. The molecule has 3 N–H and O–H groups in total. The Morgan fingerprint density at radius 2 is 2.11 bits per heavy atom. The van der Waals surface area contributed by atoms with E-state index in [0.29, 0.717) is 12.0 Å². The second-order valence-corrected chi connectivity index (χ2v) is 6.48. The first-order valence-electron chi connectivity index (χ1n) is 5.35. The first-order valence-corrected chi connectivity index (χ1v) is 7.86. The zero-order valence-electron chi connectivity index (χ0n) is 9.94. The van der Waals surface area contributed by atoms with Gasteiger partial charge in [0, 0.05) is 16.6 Å². The highest BCUT2D eigenvalue weighted by atomic mass is 79.9. The molecule has 1 aromatic rings. The van der Waals surface area contributed by atoms with Gasteiger partial charge in [-0.2, -0.15) is 0 Å². The molecule has 1 amide bonds. The van der Waals surface area contributed by atoms with Crippen molar-refractivity contribution in [3.8, 4) is 0 Å². The summed E-state index contributed by atoms with van der Waals surface area (Å²) in [5.74, 6) is -0.353. The predicted octanol–water partition coefficient (Wildman–Crippen LogP) is 1.17. The van der Waals surface area contributed by atoms with Crippen LogP contribution in [0.3, 0.4) is 0 Å². The molecule has 0 aromatic heterocycles. The van der Waals surface area contributed by atoms with Gasteiger partial charge in [0.15, 0.2) is 0 Å². The van der Waals surface area contributed by atoms with Crippen molar-refractivity contribution in [1.82, 2.24) is 5.32 Å². The first-order chi connectivity index (χ1) is 8.31. The van der Waals surface area contributed by atoms with E-state index in [-0.39, 0.29) is 18.2 Å². The Morgan fingerprint density at radius 3 is 2.72 bits per heavy atom. The molecule has 1 aromatic carbocycles. The van der Waals surface area contributed by atoms with Gasteiger partial charge in [0.1, 0.15) is 0 Å². The van der Waals surface area contributed by atoms with Gasteiger partial charge in [-0.1, -0.05) is 22.0 Å². The average Bonchev–Trinajstić information content (AvgIpc) is 2.26. The molecule has 7 heteroatoms. The molecule has 0 bridgehead atoms. The number of amides is 1. The summed E-state index contributed by atoms with van der Waals surface area (Å²) in [6, 6.07) is 5.35. The van der Waals surface area contributed by atoms with Crippen LogP contribution in [0, 0.1) is 6.92 Å². The summed E-state index contributed by atoms with van der Waals surface area (Å²) < 4.78 is 22.3. The van der Waals surface area contributed by atoms with Crippen LogP contribution < -0.4 is 10.5 Å². The van der Waals surface area contributed by atoms with Crippen molar-refractivity contribution in [2.75, 3.05) is 12.3 Å². The van der Waals surface area contributed by atoms with Crippen LogP contribution in [0.2, 0.25) is 0 Å². The topological polar surface area (TPSA) is 89.3 Å². The summed E-state index contributed by atoms with van der Waals surface area (Å²) in [5, 5.41) is 7.52. The zero-order valence-corrected chi connectivity index (χ0v) is 12.3. The Labute approximate surface area is 115 Å². The fraction of sp³-hybridized carbons (Fsp3) is 0.364. The van der Waals surface area contributed by atoms with Gasteiger partial charge in [0.05, 0.1) is 5.75 Å². The van der Waals surface area contributed by atoms with Crippen molar-refractivity contribution in [2.45, 2.75) is 13.3 Å². The van der Waals surface area contributed by atoms with Crippen molar-refractivity contribution in [2.24, 2.45) is 5.14 Å². The van der Waals surface area contributed by atoms with Crippen molar-refractivity contribution in [3.63, 3.8) is 0 Å². The van der Waals surface area contributed by atoms with Crippen molar-refractivity contribution >= 4 is 31.9 Å². The molecule has 1 rings (SSSR count). The third kappa shape index (κ3) is 4.75. The molecule has 0 saturated heterocycles. The van der Waals surface area contributed by atoms with E-state index in [9.17, 15) is 13.2 Å². The predicted molar refractivity (Wildman–Crippen MR) is 73.8 cm³/mol. The van der Waals surface area contributed by atoms with Crippen LogP contribution in [0.5, 0.6) is 0 Å². The lowest BCUT2D eigenvalue weighted by Crippen LogP contribution is -2.27. The maximum absolute atomic E-state index is 11.8. The van der Waals surface area contributed by atoms with Crippen LogP contribution in [0.1, 0.15) is 22.3 Å². The van der Waals surface area contributed by atoms with Crippen molar-refractivity contribution in [1.29, 1.82) is 0 Å². The van der Waals surface area contributed by atoms with E-state index < -0.39 is 10.0 Å². The minimum atomic E-state index is -3.46. The maximum atomic E-state index is 11.8. The molecule has 0 atom stereocenters. The number of halogens is 1. The van der Waals surface area contributed by atoms with Crippen LogP contribution >= 0.6 is 15.9 Å². The summed E-state index contributed by atoms with van der Waals surface area (Å²) in [5.41, 5.74) is 1.42. The molecule has 0 fully saturated rings. The lowest BCUT2D eigenvalue weighted by Gasteiger charge is -2.08. The van der Waals surface area contributed by atoms with E-state index in [0.717, 1.165) is 10.0 Å². The lowest BCUT2D eigenvalue weighted by atomic mass is 10.1. The molecule has 18 heavy (non-hydrogen) atoms. The quantitative estimate of drug-likeness (QED) is 0.792. The molecule has 0 saturated carbocycles. The monoisotopic (exact) mass is 334 g/mol. The highest BCUT2D eigenvalue weighted by Gasteiger charge is 2.10. The Hall–Kier alpha value is -0.920. The summed E-state index contributed by atoms with van der Waals surface area (Å²) in [6.45, 7) is 2.12. The zero-order chi connectivity index (χ0) is 13.8. The third-order valence-electron chi connectivity index (χ3n) is 2.40. The highest BCUT2D eigenvalue weighted by Crippen LogP contribution is 2.19. The molecule has 0 aliphatic heterocycles. The van der Waals surface area contributed by atoms with Crippen LogP contribution in [0.15, 0.2) is 22.7 Å². The molecule has 5 nitrogen and oxygen atoms in total. The maximum Gasteiger partial charge on any atom is 0.251 e. The van der Waals surface area contributed by atoms with E-state index in [1.165, 1.54) is 0 Å². The SMILES string of the molecule is Cc1c(Br)cccc1C(=O)NCCCS(N)(=O)=O. The molecule has 0 radical (unpaired) electrons. The fourth-order valence-corrected chi connectivity index (χ4v) is 2.34. The number of sulfonamides is 1. The normalized spacial score (nSPS) is 11.3. The van der Waals surface area contributed by atoms with Crippen LogP contribution in [-0.2, 0) is 10.0 Å². The van der Waals surface area contributed by atoms with Gasteiger partial charge in [-0.05, 0) is 31.0 Å². The standard InChI is InChI=1S/C11H15BrN2O3S/c1-8-9(4-2-5-10(8)12)11(15)14-6-3-7-18(13,16)17/h2,4-5H,3,6-7H2,1H3,(H,14,15)(H2,13,16,17). The number of hydrogen-bond donors (Lipinski definition) is 2. The van der Waals surface area contributed by atoms with E-state index in [1.807, 2.05) is 13.0 Å². The van der Waals surface area contributed by atoms with E-state index in [2.05, 4.69) is 21.2 Å². The Balaban J connectivity index is 2.54. The first kappa shape index (κ1) is 15.1. The van der Waals surface area contributed by atoms with Gasteiger partial charge in [0.2, 0.25) is 10.0 Å². The Morgan fingerprint density at radius 1 is 1.44 bits per heavy atom. The smallest absolute Gasteiger partial charge is 0.251 e. The Kier molecular flexibility index (Phi) is 5.30. The Bertz CT molecular complexity index is 543. The summed E-state index contributed by atoms with van der Waals surface area (Å²) in [4.78, 5) is 11.8. The third-order valence-corrected chi connectivity index (χ3v) is 4.12. The largest absolute Gasteiger partial charge is 0.352 e. The molecule has 0 aliphatic carbocycles. The molecule has 100 valence electrons. The summed E-state index contributed by atoms with van der Waals surface area (Å²) in [7, 11) is -3.46. The highest BCUT2D eigenvalue weighted by molar-refractivity contribution is 9.10. The van der Waals surface area contributed by atoms with Crippen molar-refractivity contribution < 1.29 is 13.2 Å². The van der Waals surface area contributed by atoms with E-state index in [1.54, 1.807) is 12.1 Å². The second-order valence-electron chi connectivity index (χ2n) is 3.89. The minimum Gasteiger partial charge on any atom is -0.352 e. The molecular weight excluding hydrogens is 320 g/mol. The van der Waals surface area contributed by atoms with Crippen LogP contribution in [0.4, 0.5) is 0 Å². The summed E-state index contributed by atoms with van der Waals surface area (Å²) >= 11 is 3.35. The average molecular weight is 335 g/mol. The van der Waals surface area contributed by atoms with Crippen LogP contribution in [0.25, 0.3) is 0 Å². The number of primary sulfonamides is 1. The molecule has 0 aliphatic rings. The molecular formula is C11H15BrN2O3S. The fourth-order valence-electron chi connectivity index (χ4n) is 1.42. The van der Waals surface area contributed by atoms with E-state index >= 15 is 0 Å². The minimum absolute atomic E-state index is 0.134. The van der Waals surface area contributed by atoms with Gasteiger partial charge in [0.25, 0.3) is 5.91 Å². The second kappa shape index (κ2) is 6.31. The number of rotatable bonds is 5. The van der Waals surface area contributed by atoms with Crippen molar-refractivity contribution in [3.05, 3.63) is 33.8 Å². The van der Waals surface area contributed by atoms with Gasteiger partial charge in [-0.15, -0.1) is 0 Å². The molecule has 0 unspecified atom stereocenters. The summed E-state index contributed by atoms with van der Waals surface area (Å²) in [6.07, 6.45) is 0.303. The van der Waals surface area contributed by atoms with Gasteiger partial charge < -0.3 is 5.32 Å². The number of nitrogens with two attached hydrogens (primary N) is 1. The molecule has 0 spiro atoms. The van der Waals surface area contributed by atoms with Gasteiger partial charge in [-0.25, -0.2) is 13.6 Å². The number of hydrogen-bond acceptors (Lipinski definition) is 3. The van der Waals surface area contributed by atoms with Gasteiger partial charge in [-0.3, -0.25) is 4.79 Å². The lowest BCUT2D eigenvalue weighted by molar-refractivity contribution is 0.0953. The van der Waals surface area contributed by atoms with Crippen LogP contribution in [-0.4, -0.2) is 26.6 Å². The number of benzene rings is 1. The van der Waals surface area contributed by atoms with Gasteiger partial charge >= 0.3 is 0 Å². The van der Waals surface area contributed by atoms with E-state index in [4.69, 9.17) is 5.14 Å². The number of nitrogens with one attached hydrogen (secondary N) is 1.